The first kappa shape index (κ1) is 61.8. The SMILES string of the molecule is COC(=O)N[C@H](C(=O)N1CCCC1c1nc(-c2ccc(-c3sc4cc(-c5ccc(-c6cnc([C@@H]7CCCN7C(=O)[C@@H](NC(=O)OC)C(C)C)[nH]6)cc5)sc4c3-c3ccc(-c4cnc(C5CCCN5C(=O)[C@@H](NC(=O)OC)C(C)C)[nH]4)cc3)cc2)c[nH]1)C(C)C. The zero-order chi connectivity index (χ0) is 62.8. The van der Waals surface area contributed by atoms with Gasteiger partial charge in [0.1, 0.15) is 35.6 Å². The highest BCUT2D eigenvalue weighted by atomic mass is 32.1. The van der Waals surface area contributed by atoms with Crippen LogP contribution in [0.5, 0.6) is 0 Å². The van der Waals surface area contributed by atoms with Gasteiger partial charge in [0.05, 0.1) is 73.6 Å². The normalized spacial score (nSPS) is 17.8. The molecule has 21 nitrogen and oxygen atoms in total. The van der Waals surface area contributed by atoms with Gasteiger partial charge in [0.15, 0.2) is 0 Å². The second-order valence-electron chi connectivity index (χ2n) is 24.0. The predicted octanol–water partition coefficient (Wildman–Crippen LogP) is 12.3. The number of benzene rings is 3. The number of aromatic nitrogens is 6. The summed E-state index contributed by atoms with van der Waals surface area (Å²) in [5.74, 6) is 1.17. The van der Waals surface area contributed by atoms with E-state index in [1.54, 1.807) is 22.7 Å². The molecule has 8 aromatic rings. The lowest BCUT2D eigenvalue weighted by Crippen LogP contribution is -2.51. The molecular formula is C66H76N12O9S2. The van der Waals surface area contributed by atoms with E-state index in [2.05, 4.69) is 110 Å². The Bertz CT molecular complexity index is 3860. The average Bonchev–Trinajstić information content (AvgIpc) is 1.65. The molecule has 11 rings (SSSR count). The van der Waals surface area contributed by atoms with Crippen LogP contribution in [0.1, 0.15) is 116 Å². The maximum absolute atomic E-state index is 13.9. The van der Waals surface area contributed by atoms with Crippen LogP contribution in [0.25, 0.3) is 75.2 Å². The summed E-state index contributed by atoms with van der Waals surface area (Å²) in [5.41, 5.74) is 9.50. The summed E-state index contributed by atoms with van der Waals surface area (Å²) in [4.78, 5) is 111. The van der Waals surface area contributed by atoms with Crippen molar-refractivity contribution in [3.8, 4) is 65.8 Å². The first-order valence-corrected chi connectivity index (χ1v) is 32.0. The highest BCUT2D eigenvalue weighted by Crippen LogP contribution is 2.51. The molecule has 3 saturated heterocycles. The fraction of sp³-hybridized carbons (Fsp3) is 0.409. The third-order valence-corrected chi connectivity index (χ3v) is 19.8. The van der Waals surface area contributed by atoms with E-state index in [0.717, 1.165) is 114 Å². The number of aromatic amines is 3. The van der Waals surface area contributed by atoms with Crippen molar-refractivity contribution < 1.29 is 43.0 Å². The minimum absolute atomic E-state index is 0.139. The number of carbonyl (C=O) groups excluding carboxylic acids is 6. The maximum atomic E-state index is 13.9. The number of carbonyl (C=O) groups is 6. The van der Waals surface area contributed by atoms with Gasteiger partial charge in [0.2, 0.25) is 17.7 Å². The largest absolute Gasteiger partial charge is 0.453 e. The van der Waals surface area contributed by atoms with Crippen molar-refractivity contribution in [2.24, 2.45) is 17.8 Å². The molecular weight excluding hydrogens is 1170 g/mol. The first-order valence-electron chi connectivity index (χ1n) is 30.4. The highest BCUT2D eigenvalue weighted by molar-refractivity contribution is 7.32. The number of hydrogen-bond donors (Lipinski definition) is 6. The number of fused-ring (bicyclic) bond motifs is 1. The molecule has 0 radical (unpaired) electrons. The second kappa shape index (κ2) is 26.5. The Morgan fingerprint density at radius 2 is 0.910 bits per heavy atom. The van der Waals surface area contributed by atoms with Gasteiger partial charge in [-0.15, -0.1) is 22.7 Å². The number of thiophene rings is 2. The molecule has 6 N–H and O–H groups in total. The number of imidazole rings is 3. The topological polar surface area (TPSA) is 262 Å². The molecule has 3 aromatic carbocycles. The number of alkyl carbamates (subject to hydrolysis) is 3. The van der Waals surface area contributed by atoms with E-state index < -0.39 is 36.4 Å². The van der Waals surface area contributed by atoms with Gasteiger partial charge in [-0.2, -0.15) is 0 Å². The van der Waals surface area contributed by atoms with Crippen molar-refractivity contribution in [2.75, 3.05) is 41.0 Å². The summed E-state index contributed by atoms with van der Waals surface area (Å²) in [5, 5.41) is 8.18. The van der Waals surface area contributed by atoms with Gasteiger partial charge in [-0.3, -0.25) is 14.4 Å². The van der Waals surface area contributed by atoms with Gasteiger partial charge in [-0.25, -0.2) is 29.3 Å². The Hall–Kier alpha value is -8.83. The smallest absolute Gasteiger partial charge is 0.407 e. The van der Waals surface area contributed by atoms with E-state index in [1.807, 2.05) is 74.8 Å². The van der Waals surface area contributed by atoms with Crippen molar-refractivity contribution >= 4 is 68.1 Å². The maximum Gasteiger partial charge on any atom is 0.407 e. The van der Waals surface area contributed by atoms with Gasteiger partial charge in [-0.05, 0) is 90.2 Å². The van der Waals surface area contributed by atoms with E-state index in [9.17, 15) is 28.8 Å². The van der Waals surface area contributed by atoms with E-state index >= 15 is 0 Å². The van der Waals surface area contributed by atoms with Crippen LogP contribution >= 0.6 is 22.7 Å². The lowest BCUT2D eigenvalue weighted by atomic mass is 9.99. The number of hydrogen-bond acceptors (Lipinski definition) is 14. The lowest BCUT2D eigenvalue weighted by Gasteiger charge is -2.30. The molecule has 0 spiro atoms. The van der Waals surface area contributed by atoms with Crippen molar-refractivity contribution in [1.29, 1.82) is 0 Å². The zero-order valence-corrected chi connectivity index (χ0v) is 53.1. The van der Waals surface area contributed by atoms with Crippen LogP contribution in [0.2, 0.25) is 0 Å². The van der Waals surface area contributed by atoms with Crippen LogP contribution in [-0.2, 0) is 28.6 Å². The molecule has 6 amide bonds. The van der Waals surface area contributed by atoms with Crippen LogP contribution in [0.3, 0.4) is 0 Å². The Morgan fingerprint density at radius 1 is 0.517 bits per heavy atom. The molecule has 5 aromatic heterocycles. The van der Waals surface area contributed by atoms with Crippen LogP contribution < -0.4 is 16.0 Å². The molecule has 0 bridgehead atoms. The van der Waals surface area contributed by atoms with Crippen molar-refractivity contribution in [1.82, 2.24) is 60.6 Å². The molecule has 466 valence electrons. The Morgan fingerprint density at radius 3 is 1.34 bits per heavy atom. The van der Waals surface area contributed by atoms with Gasteiger partial charge in [-0.1, -0.05) is 114 Å². The molecule has 0 aliphatic carbocycles. The van der Waals surface area contributed by atoms with Gasteiger partial charge in [0.25, 0.3) is 0 Å². The number of rotatable bonds is 18. The molecule has 3 fully saturated rings. The Balaban J connectivity index is 0.869. The minimum atomic E-state index is -0.737. The fourth-order valence-corrected chi connectivity index (χ4v) is 15.1. The molecule has 2 unspecified atom stereocenters. The second-order valence-corrected chi connectivity index (χ2v) is 26.1. The molecule has 3 aliphatic rings. The number of ether oxygens (including phenoxy) is 3. The Labute approximate surface area is 524 Å². The third kappa shape index (κ3) is 12.8. The van der Waals surface area contributed by atoms with Crippen molar-refractivity contribution in [2.45, 2.75) is 116 Å². The van der Waals surface area contributed by atoms with Crippen LogP contribution in [0.15, 0.2) is 97.5 Å². The van der Waals surface area contributed by atoms with Crippen molar-refractivity contribution in [3.63, 3.8) is 0 Å². The molecule has 89 heavy (non-hydrogen) atoms. The predicted molar refractivity (Wildman–Crippen MR) is 342 cm³/mol. The summed E-state index contributed by atoms with van der Waals surface area (Å²) >= 11 is 3.49. The van der Waals surface area contributed by atoms with E-state index in [4.69, 9.17) is 29.2 Å². The number of nitrogens with zero attached hydrogens (tertiary/aromatic N) is 6. The van der Waals surface area contributed by atoms with Gasteiger partial charge < -0.3 is 59.8 Å². The van der Waals surface area contributed by atoms with Gasteiger partial charge in [0, 0.05) is 51.4 Å². The summed E-state index contributed by atoms with van der Waals surface area (Å²) < 4.78 is 16.8. The summed E-state index contributed by atoms with van der Waals surface area (Å²) in [7, 11) is 3.87. The fourth-order valence-electron chi connectivity index (χ4n) is 12.5. The molecule has 0 saturated carbocycles. The molecule has 23 heteroatoms. The number of likely N-dealkylation sites (tertiary alicyclic amines) is 3. The standard InChI is InChI=1S/C66H76N12O9S2/c1-35(2)53(73-64(82)85-7)61(79)76-28-10-13-47(76)58-67-32-44(70-58)38-16-22-41(23-17-38)50-31-51-57(88-50)52(42-24-18-39(19-25-42)45-33-68-59(71-45)48-14-11-29-77(48)62(80)54(36(3)4)74-65(83)86-8)56(89-51)43-26-20-40(21-27-43)46-34-69-60(72-46)49-15-12-30-78(49)63(81)55(37(5)6)75-66(84)87-9/h16-27,31-37,47-49,53-55H,10-15,28-30H2,1-9H3,(H,67,70)(H,68,71)(H,69,72)(H,73,82)(H,74,83)(H,75,84)/t47-,48?,49?,53-,54-,55-/m0/s1. The minimum Gasteiger partial charge on any atom is -0.453 e. The van der Waals surface area contributed by atoms with E-state index in [1.165, 1.54) is 21.3 Å². The first-order chi connectivity index (χ1) is 42.9. The monoisotopic (exact) mass is 1240 g/mol. The molecule has 3 aliphatic heterocycles. The van der Waals surface area contributed by atoms with Crippen LogP contribution in [0.4, 0.5) is 14.4 Å². The van der Waals surface area contributed by atoms with E-state index in [0.29, 0.717) is 37.1 Å². The number of amides is 6. The average molecular weight is 1250 g/mol. The molecule has 8 heterocycles. The van der Waals surface area contributed by atoms with Crippen LogP contribution in [-0.4, -0.2) is 140 Å². The van der Waals surface area contributed by atoms with Gasteiger partial charge >= 0.3 is 18.3 Å². The third-order valence-electron chi connectivity index (χ3n) is 17.3. The summed E-state index contributed by atoms with van der Waals surface area (Å²) in [6, 6.07) is 24.7. The lowest BCUT2D eigenvalue weighted by molar-refractivity contribution is -0.136. The van der Waals surface area contributed by atoms with E-state index in [-0.39, 0.29) is 53.6 Å². The zero-order valence-electron chi connectivity index (χ0n) is 51.5. The summed E-state index contributed by atoms with van der Waals surface area (Å²) in [6.07, 6.45) is 8.26. The number of nitrogens with one attached hydrogen (secondary N) is 6. The van der Waals surface area contributed by atoms with Crippen molar-refractivity contribution in [3.05, 3.63) is 115 Å². The number of methoxy groups -OCH3 is 3. The quantitative estimate of drug-likeness (QED) is 0.0438. The number of H-pyrrole nitrogens is 3. The van der Waals surface area contributed by atoms with Crippen LogP contribution in [0, 0.1) is 17.8 Å². The summed E-state index contributed by atoms with van der Waals surface area (Å²) in [6.45, 7) is 13.1. The highest BCUT2D eigenvalue weighted by Gasteiger charge is 2.41. The molecule has 6 atom stereocenters. The Kier molecular flexibility index (Phi) is 18.4.